The van der Waals surface area contributed by atoms with Gasteiger partial charge in [-0.15, -0.1) is 0 Å². The lowest BCUT2D eigenvalue weighted by atomic mass is 10.2. The second-order valence-corrected chi connectivity index (χ2v) is 10.9. The van der Waals surface area contributed by atoms with E-state index in [0.717, 1.165) is 18.2 Å². The Morgan fingerprint density at radius 1 is 1.21 bits per heavy atom. The average Bonchev–Trinajstić information content (AvgIpc) is 3.18. The summed E-state index contributed by atoms with van der Waals surface area (Å²) < 4.78 is 50.1. The van der Waals surface area contributed by atoms with Crippen molar-refractivity contribution in [1.29, 1.82) is 0 Å². The maximum absolute atomic E-state index is 14.1. The number of aromatic nitrogens is 2. The maximum Gasteiger partial charge on any atom is 0.272 e. The van der Waals surface area contributed by atoms with Crippen LogP contribution >= 0.6 is 0 Å². The molecule has 2 aromatic carbocycles. The summed E-state index contributed by atoms with van der Waals surface area (Å²) >= 11 is 0. The highest BCUT2D eigenvalue weighted by Gasteiger charge is 2.28. The second-order valence-electron chi connectivity index (χ2n) is 9.20. The third-order valence-corrected chi connectivity index (χ3v) is 7.22. The zero-order valence-corrected chi connectivity index (χ0v) is 22.5. The van der Waals surface area contributed by atoms with Crippen LogP contribution in [0.1, 0.15) is 50.2 Å². The number of amides is 1. The number of hydrogen-bond acceptors (Lipinski definition) is 7. The molecular weight excluding hydrogens is 517 g/mol. The Hall–Kier alpha value is -3.84. The molecule has 0 saturated heterocycles. The van der Waals surface area contributed by atoms with Crippen molar-refractivity contribution < 1.29 is 27.3 Å². The van der Waals surface area contributed by atoms with Crippen LogP contribution in [-0.4, -0.2) is 41.6 Å². The fourth-order valence-electron chi connectivity index (χ4n) is 3.40. The van der Waals surface area contributed by atoms with Crippen LogP contribution in [-0.2, 0) is 10.0 Å². The van der Waals surface area contributed by atoms with Gasteiger partial charge >= 0.3 is 0 Å². The minimum Gasteiger partial charge on any atom is -0.437 e. The average molecular weight is 548 g/mol. The molecule has 2 N–H and O–H groups in total. The number of hydrogen-bond donors (Lipinski definition) is 2. The van der Waals surface area contributed by atoms with E-state index in [9.17, 15) is 27.7 Å². The molecule has 0 aliphatic carbocycles. The van der Waals surface area contributed by atoms with Crippen molar-refractivity contribution >= 4 is 21.6 Å². The van der Waals surface area contributed by atoms with Gasteiger partial charge in [-0.1, -0.05) is 26.8 Å². The number of nitrogens with zero attached hydrogens (tertiary/aromatic N) is 3. The molecule has 0 aliphatic rings. The molecule has 1 aromatic heterocycles. The number of carbonyl (C=O) groups excluding carboxylic acids is 1. The highest BCUT2D eigenvalue weighted by atomic mass is 32.2. The van der Waals surface area contributed by atoms with Gasteiger partial charge in [-0.3, -0.25) is 14.9 Å². The van der Waals surface area contributed by atoms with Crippen LogP contribution in [0, 0.1) is 28.8 Å². The van der Waals surface area contributed by atoms with Gasteiger partial charge in [-0.05, 0) is 50.5 Å². The molecule has 1 atom stereocenters. The van der Waals surface area contributed by atoms with E-state index in [0.29, 0.717) is 13.0 Å². The molecule has 0 fully saturated rings. The number of rotatable bonds is 11. The third-order valence-electron chi connectivity index (χ3n) is 5.61. The lowest BCUT2D eigenvalue weighted by molar-refractivity contribution is -0.385. The third kappa shape index (κ3) is 6.53. The molecule has 0 unspecified atom stereocenters. The fraction of sp³-hybridized carbons (Fsp3) is 0.360. The van der Waals surface area contributed by atoms with Gasteiger partial charge in [0.2, 0.25) is 15.9 Å². The number of halogens is 1. The number of nitro groups is 1. The largest absolute Gasteiger partial charge is 0.437 e. The predicted octanol–water partition coefficient (Wildman–Crippen LogP) is 4.48. The fourth-order valence-corrected chi connectivity index (χ4v) is 4.87. The van der Waals surface area contributed by atoms with E-state index in [2.05, 4.69) is 15.1 Å². The van der Waals surface area contributed by atoms with E-state index in [1.807, 2.05) is 13.8 Å². The molecule has 1 heterocycles. The molecule has 3 rings (SSSR count). The predicted molar refractivity (Wildman–Crippen MR) is 139 cm³/mol. The molecule has 204 valence electrons. The van der Waals surface area contributed by atoms with Crippen LogP contribution in [0.15, 0.2) is 47.4 Å². The minimum atomic E-state index is -4.25. The number of nitro benzene ring substituents is 1. The molecule has 11 nitrogen and oxygen atoms in total. The minimum absolute atomic E-state index is 0.00559. The van der Waals surface area contributed by atoms with E-state index in [1.54, 1.807) is 20.8 Å². The summed E-state index contributed by atoms with van der Waals surface area (Å²) in [5.41, 5.74) is 0.0158. The number of nitrogens with one attached hydrogen (secondary N) is 2. The van der Waals surface area contributed by atoms with Crippen molar-refractivity contribution in [3.63, 3.8) is 0 Å². The molecular formula is C25H30FN5O6S. The van der Waals surface area contributed by atoms with Gasteiger partial charge in [-0.25, -0.2) is 17.5 Å². The topological polar surface area (TPSA) is 145 Å². The van der Waals surface area contributed by atoms with Crippen LogP contribution in [0.5, 0.6) is 11.6 Å². The van der Waals surface area contributed by atoms with E-state index in [-0.39, 0.29) is 34.5 Å². The van der Waals surface area contributed by atoms with E-state index < -0.39 is 43.3 Å². The summed E-state index contributed by atoms with van der Waals surface area (Å²) in [7, 11) is -4.25. The van der Waals surface area contributed by atoms with Crippen LogP contribution in [0.25, 0.3) is 5.69 Å². The van der Waals surface area contributed by atoms with E-state index in [4.69, 9.17) is 4.74 Å². The lowest BCUT2D eigenvalue weighted by Gasteiger charge is -2.16. The molecule has 1 amide bonds. The smallest absolute Gasteiger partial charge is 0.272 e. The van der Waals surface area contributed by atoms with Crippen LogP contribution < -0.4 is 14.8 Å². The SMILES string of the molecule is CC[C@H](C)NS(=O)(=O)c1cc([N+](=O)[O-])ccc1Oc1c(C)c(C(=O)NCC(C)C)nn1-c1cccc(F)c1. The molecule has 0 bridgehead atoms. The summed E-state index contributed by atoms with van der Waals surface area (Å²) in [6.45, 7) is 9.23. The highest BCUT2D eigenvalue weighted by Crippen LogP contribution is 2.36. The van der Waals surface area contributed by atoms with Crippen molar-refractivity contribution in [2.45, 2.75) is 52.0 Å². The van der Waals surface area contributed by atoms with Gasteiger partial charge in [0.25, 0.3) is 11.6 Å². The first-order chi connectivity index (χ1) is 17.8. The second kappa shape index (κ2) is 11.7. The number of carbonyl (C=O) groups is 1. The van der Waals surface area contributed by atoms with Crippen molar-refractivity contribution in [1.82, 2.24) is 19.8 Å². The standard InChI is InChI=1S/C25H30FN5O6S/c1-6-16(4)29-38(35,36)22-13-20(31(33)34)10-11-21(22)37-25-17(5)23(24(32)27-14-15(2)3)28-30(25)19-9-7-8-18(26)12-19/h7-13,15-16,29H,6,14H2,1-5H3,(H,27,32)/t16-/m0/s1. The van der Waals surface area contributed by atoms with Gasteiger partial charge in [-0.2, -0.15) is 9.78 Å². The molecule has 0 radical (unpaired) electrons. The zero-order valence-electron chi connectivity index (χ0n) is 21.7. The Bertz CT molecular complexity index is 1450. The summed E-state index contributed by atoms with van der Waals surface area (Å²) in [5.74, 6) is -1.18. The molecule has 3 aromatic rings. The normalized spacial score (nSPS) is 12.4. The van der Waals surface area contributed by atoms with Gasteiger partial charge in [0.1, 0.15) is 16.5 Å². The number of ether oxygens (including phenoxy) is 1. The number of sulfonamides is 1. The van der Waals surface area contributed by atoms with Gasteiger partial charge in [0.05, 0.1) is 10.6 Å². The quantitative estimate of drug-likeness (QED) is 0.266. The van der Waals surface area contributed by atoms with Gasteiger partial charge in [0, 0.05) is 30.3 Å². The maximum atomic E-state index is 14.1. The molecule has 0 saturated carbocycles. The summed E-state index contributed by atoms with van der Waals surface area (Å²) in [5, 5.41) is 18.5. The summed E-state index contributed by atoms with van der Waals surface area (Å²) in [4.78, 5) is 23.1. The Balaban J connectivity index is 2.19. The highest BCUT2D eigenvalue weighted by molar-refractivity contribution is 7.89. The molecule has 0 aliphatic heterocycles. The van der Waals surface area contributed by atoms with Crippen molar-refractivity contribution in [3.8, 4) is 17.3 Å². The first-order valence-corrected chi connectivity index (χ1v) is 13.4. The Morgan fingerprint density at radius 3 is 2.53 bits per heavy atom. The van der Waals surface area contributed by atoms with Crippen LogP contribution in [0.3, 0.4) is 0 Å². The first-order valence-electron chi connectivity index (χ1n) is 12.0. The molecule has 13 heteroatoms. The van der Waals surface area contributed by atoms with Crippen LogP contribution in [0.2, 0.25) is 0 Å². The monoisotopic (exact) mass is 547 g/mol. The van der Waals surface area contributed by atoms with E-state index in [1.165, 1.54) is 28.9 Å². The number of non-ortho nitro benzene ring substituents is 1. The Kier molecular flexibility index (Phi) is 8.84. The van der Waals surface area contributed by atoms with Gasteiger partial charge < -0.3 is 10.1 Å². The van der Waals surface area contributed by atoms with Crippen molar-refractivity contribution in [2.75, 3.05) is 6.54 Å². The molecule has 38 heavy (non-hydrogen) atoms. The molecule has 0 spiro atoms. The van der Waals surface area contributed by atoms with Crippen molar-refractivity contribution in [2.24, 2.45) is 5.92 Å². The van der Waals surface area contributed by atoms with Crippen molar-refractivity contribution in [3.05, 3.63) is 69.7 Å². The summed E-state index contributed by atoms with van der Waals surface area (Å²) in [6, 6.07) is 8.09. The van der Waals surface area contributed by atoms with E-state index >= 15 is 0 Å². The van der Waals surface area contributed by atoms with Crippen LogP contribution in [0.4, 0.5) is 10.1 Å². The Morgan fingerprint density at radius 2 is 1.92 bits per heavy atom. The lowest BCUT2D eigenvalue weighted by Crippen LogP contribution is -2.32. The Labute approximate surface area is 220 Å². The zero-order chi connectivity index (χ0) is 28.2. The van der Waals surface area contributed by atoms with Gasteiger partial charge in [0.15, 0.2) is 5.69 Å². The number of benzene rings is 2. The summed E-state index contributed by atoms with van der Waals surface area (Å²) in [6.07, 6.45) is 0.477. The first kappa shape index (κ1) is 28.7.